The Hall–Kier alpha value is -1.25. The van der Waals surface area contributed by atoms with Gasteiger partial charge in [0, 0.05) is 44.8 Å². The van der Waals surface area contributed by atoms with Crippen molar-refractivity contribution in [2.24, 2.45) is 0 Å². The fourth-order valence-electron chi connectivity index (χ4n) is 3.35. The third kappa shape index (κ3) is 3.49. The molecule has 0 atom stereocenters. The van der Waals surface area contributed by atoms with Crippen molar-refractivity contribution < 1.29 is 9.53 Å². The van der Waals surface area contributed by atoms with Gasteiger partial charge in [0.2, 0.25) is 5.13 Å². The molecule has 1 aromatic rings. The van der Waals surface area contributed by atoms with E-state index in [1.165, 1.54) is 11.5 Å². The van der Waals surface area contributed by atoms with Gasteiger partial charge >= 0.3 is 0 Å². The minimum Gasteiger partial charge on any atom is -0.368 e. The van der Waals surface area contributed by atoms with E-state index in [0.717, 1.165) is 69.5 Å². The van der Waals surface area contributed by atoms with Crippen molar-refractivity contribution in [1.29, 1.82) is 0 Å². The Labute approximate surface area is 141 Å². The Morgan fingerprint density at radius 3 is 2.70 bits per heavy atom. The first-order chi connectivity index (χ1) is 11.1. The van der Waals surface area contributed by atoms with Crippen LogP contribution in [0, 0.1) is 6.92 Å². The first-order valence-corrected chi connectivity index (χ1v) is 9.02. The fourth-order valence-corrected chi connectivity index (χ4v) is 4.08. The van der Waals surface area contributed by atoms with Crippen molar-refractivity contribution >= 4 is 22.6 Å². The summed E-state index contributed by atoms with van der Waals surface area (Å²) in [5.41, 5.74) is -0.639. The number of hydrogen-bond acceptors (Lipinski definition) is 7. The molecule has 0 bridgehead atoms. The Kier molecular flexibility index (Phi) is 5.13. The first-order valence-electron chi connectivity index (χ1n) is 8.25. The number of nitrogens with one attached hydrogen (secondary N) is 1. The maximum Gasteiger partial charge on any atom is 0.254 e. The van der Waals surface area contributed by atoms with Crippen LogP contribution in [-0.4, -0.2) is 72.1 Å². The first kappa shape index (κ1) is 16.6. The number of nitrogens with zero attached hydrogens (tertiary/aromatic N) is 4. The summed E-state index contributed by atoms with van der Waals surface area (Å²) < 4.78 is 9.94. The van der Waals surface area contributed by atoms with Gasteiger partial charge in [-0.25, -0.2) is 4.98 Å². The number of methoxy groups -OCH3 is 1. The van der Waals surface area contributed by atoms with Gasteiger partial charge in [-0.05, 0) is 39.3 Å². The molecule has 0 aromatic carbocycles. The zero-order chi connectivity index (χ0) is 16.3. The van der Waals surface area contributed by atoms with Gasteiger partial charge in [0.05, 0.1) is 0 Å². The normalized spacial score (nSPS) is 22.0. The van der Waals surface area contributed by atoms with Gasteiger partial charge in [-0.15, -0.1) is 0 Å². The average Bonchev–Trinajstić information content (AvgIpc) is 2.87. The second-order valence-electron chi connectivity index (χ2n) is 6.21. The van der Waals surface area contributed by atoms with Crippen LogP contribution >= 0.6 is 11.5 Å². The van der Waals surface area contributed by atoms with Gasteiger partial charge in [-0.3, -0.25) is 4.79 Å². The molecule has 0 unspecified atom stereocenters. The molecule has 2 fully saturated rings. The summed E-state index contributed by atoms with van der Waals surface area (Å²) in [5, 5.41) is 4.26. The van der Waals surface area contributed by atoms with Crippen molar-refractivity contribution in [2.45, 2.75) is 31.8 Å². The van der Waals surface area contributed by atoms with E-state index in [-0.39, 0.29) is 5.91 Å². The molecule has 3 rings (SSSR count). The third-order valence-electron chi connectivity index (χ3n) is 4.76. The molecule has 2 saturated heterocycles. The van der Waals surface area contributed by atoms with Gasteiger partial charge in [0.1, 0.15) is 11.4 Å². The number of piperidine rings is 1. The molecule has 1 amide bonds. The molecule has 23 heavy (non-hydrogen) atoms. The predicted molar refractivity (Wildman–Crippen MR) is 89.9 cm³/mol. The molecule has 0 spiro atoms. The molecule has 1 aromatic heterocycles. The highest BCUT2D eigenvalue weighted by molar-refractivity contribution is 7.09. The van der Waals surface area contributed by atoms with E-state index >= 15 is 0 Å². The summed E-state index contributed by atoms with van der Waals surface area (Å²) in [6.07, 6.45) is 2.44. The number of hydrogen-bond donors (Lipinski definition) is 1. The Balaban J connectivity index is 1.66. The summed E-state index contributed by atoms with van der Waals surface area (Å²) in [4.78, 5) is 21.7. The van der Waals surface area contributed by atoms with Crippen LogP contribution in [0.1, 0.15) is 25.1 Å². The summed E-state index contributed by atoms with van der Waals surface area (Å²) in [5.74, 6) is 0.965. The molecule has 128 valence electrons. The van der Waals surface area contributed by atoms with Crippen LogP contribution in [0.15, 0.2) is 0 Å². The van der Waals surface area contributed by atoms with E-state index in [0.29, 0.717) is 0 Å². The van der Waals surface area contributed by atoms with E-state index in [9.17, 15) is 4.79 Å². The topological polar surface area (TPSA) is 70.6 Å². The van der Waals surface area contributed by atoms with E-state index in [1.807, 2.05) is 11.8 Å². The van der Waals surface area contributed by atoms with Crippen LogP contribution in [0.4, 0.5) is 5.13 Å². The maximum absolute atomic E-state index is 13.0. The summed E-state index contributed by atoms with van der Waals surface area (Å²) in [6.45, 7) is 6.81. The molecule has 7 nitrogen and oxygen atoms in total. The number of carbonyl (C=O) groups is 1. The van der Waals surface area contributed by atoms with Crippen LogP contribution < -0.4 is 10.2 Å². The van der Waals surface area contributed by atoms with Gasteiger partial charge in [0.15, 0.2) is 0 Å². The number of anilines is 1. The van der Waals surface area contributed by atoms with Crippen molar-refractivity contribution in [3.63, 3.8) is 0 Å². The molecular weight excluding hydrogens is 314 g/mol. The standard InChI is InChI=1S/C15H25N5O2S/c1-12-17-14(23-18-12)20-9-3-8-19(10-11-20)13(21)15(22-2)4-6-16-7-5-15/h16H,3-11H2,1-2H3. The summed E-state index contributed by atoms with van der Waals surface area (Å²) >= 11 is 1.44. The highest BCUT2D eigenvalue weighted by Gasteiger charge is 2.42. The lowest BCUT2D eigenvalue weighted by atomic mass is 9.90. The van der Waals surface area contributed by atoms with Crippen molar-refractivity contribution in [3.05, 3.63) is 5.82 Å². The smallest absolute Gasteiger partial charge is 0.254 e. The number of aryl methyl sites for hydroxylation is 1. The number of ether oxygens (including phenoxy) is 1. The monoisotopic (exact) mass is 339 g/mol. The zero-order valence-electron chi connectivity index (χ0n) is 13.9. The second kappa shape index (κ2) is 7.11. The van der Waals surface area contributed by atoms with Crippen LogP contribution in [0.5, 0.6) is 0 Å². The zero-order valence-corrected chi connectivity index (χ0v) is 14.7. The Morgan fingerprint density at radius 2 is 2.04 bits per heavy atom. The van der Waals surface area contributed by atoms with Crippen molar-refractivity contribution in [2.75, 3.05) is 51.3 Å². The molecule has 2 aliphatic heterocycles. The third-order valence-corrected chi connectivity index (χ3v) is 5.63. The van der Waals surface area contributed by atoms with E-state index < -0.39 is 5.60 Å². The van der Waals surface area contributed by atoms with Gasteiger partial charge in [0.25, 0.3) is 5.91 Å². The predicted octanol–water partition coefficient (Wildman–Crippen LogP) is 0.654. The largest absolute Gasteiger partial charge is 0.368 e. The molecule has 1 N–H and O–H groups in total. The van der Waals surface area contributed by atoms with Crippen molar-refractivity contribution in [1.82, 2.24) is 19.6 Å². The van der Waals surface area contributed by atoms with E-state index in [1.54, 1.807) is 7.11 Å². The van der Waals surface area contributed by atoms with Crippen LogP contribution in [-0.2, 0) is 9.53 Å². The number of carbonyl (C=O) groups excluding carboxylic acids is 1. The maximum atomic E-state index is 13.0. The SMILES string of the molecule is COC1(C(=O)N2CCCN(c3nc(C)ns3)CC2)CCNCC1. The molecule has 3 heterocycles. The lowest BCUT2D eigenvalue weighted by Gasteiger charge is -2.38. The van der Waals surface area contributed by atoms with Gasteiger partial charge in [-0.2, -0.15) is 4.37 Å². The molecule has 0 saturated carbocycles. The number of amides is 1. The molecule has 2 aliphatic rings. The quantitative estimate of drug-likeness (QED) is 0.872. The van der Waals surface area contributed by atoms with Crippen LogP contribution in [0.3, 0.4) is 0 Å². The number of rotatable bonds is 3. The van der Waals surface area contributed by atoms with E-state index in [4.69, 9.17) is 4.74 Å². The van der Waals surface area contributed by atoms with Crippen LogP contribution in [0.25, 0.3) is 0 Å². The minimum absolute atomic E-state index is 0.150. The molecule has 0 aliphatic carbocycles. The van der Waals surface area contributed by atoms with E-state index in [2.05, 4.69) is 19.6 Å². The molecule has 0 radical (unpaired) electrons. The highest BCUT2D eigenvalue weighted by atomic mass is 32.1. The van der Waals surface area contributed by atoms with Crippen molar-refractivity contribution in [3.8, 4) is 0 Å². The fraction of sp³-hybridized carbons (Fsp3) is 0.800. The summed E-state index contributed by atoms with van der Waals surface area (Å²) in [7, 11) is 1.66. The lowest BCUT2D eigenvalue weighted by molar-refractivity contribution is -0.158. The number of aromatic nitrogens is 2. The van der Waals surface area contributed by atoms with Crippen LogP contribution in [0.2, 0.25) is 0 Å². The minimum atomic E-state index is -0.639. The summed E-state index contributed by atoms with van der Waals surface area (Å²) in [6, 6.07) is 0. The highest BCUT2D eigenvalue weighted by Crippen LogP contribution is 2.26. The molecule has 8 heteroatoms. The molecular formula is C15H25N5O2S. The lowest BCUT2D eigenvalue weighted by Crippen LogP contribution is -2.55. The van der Waals surface area contributed by atoms with Gasteiger partial charge < -0.3 is 19.9 Å². The van der Waals surface area contributed by atoms with Gasteiger partial charge in [-0.1, -0.05) is 0 Å². The second-order valence-corrected chi connectivity index (χ2v) is 6.94. The Morgan fingerprint density at radius 1 is 1.26 bits per heavy atom. The Bertz CT molecular complexity index is 544. The average molecular weight is 339 g/mol.